The number of rotatable bonds is 4. The Hall–Kier alpha value is -1.33. The molecular weight excluding hydrogens is 244 g/mol. The van der Waals surface area contributed by atoms with Crippen molar-refractivity contribution in [3.05, 3.63) is 23.5 Å². The lowest BCUT2D eigenvalue weighted by Gasteiger charge is -2.33. The molecule has 1 atom stereocenters. The Labute approximate surface area is 114 Å². The molecule has 0 N–H and O–H groups in total. The van der Waals surface area contributed by atoms with Crippen LogP contribution in [0.3, 0.4) is 0 Å². The predicted molar refractivity (Wildman–Crippen MR) is 72.3 cm³/mol. The van der Waals surface area contributed by atoms with Crippen molar-refractivity contribution in [1.29, 1.82) is 0 Å². The minimum Gasteiger partial charge on any atom is -0.385 e. The van der Waals surface area contributed by atoms with Gasteiger partial charge in [0.05, 0.1) is 18.3 Å². The van der Waals surface area contributed by atoms with Gasteiger partial charge in [-0.15, -0.1) is 0 Å². The van der Waals surface area contributed by atoms with Crippen LogP contribution >= 0.6 is 0 Å². The first-order valence-electron chi connectivity index (χ1n) is 6.65. The number of ether oxygens (including phenoxy) is 2. The minimum absolute atomic E-state index is 0.0849. The van der Waals surface area contributed by atoms with Crippen LogP contribution < -0.4 is 0 Å². The molecule has 19 heavy (non-hydrogen) atoms. The average molecular weight is 266 g/mol. The van der Waals surface area contributed by atoms with Gasteiger partial charge in [0.1, 0.15) is 0 Å². The highest BCUT2D eigenvalue weighted by molar-refractivity contribution is 5.95. The van der Waals surface area contributed by atoms with Crippen LogP contribution in [-0.4, -0.2) is 54.9 Å². The van der Waals surface area contributed by atoms with E-state index in [2.05, 4.69) is 0 Å². The molecule has 0 aliphatic carbocycles. The number of carbonyl (C=O) groups excluding carboxylic acids is 1. The second-order valence-electron chi connectivity index (χ2n) is 4.95. The maximum Gasteiger partial charge on any atom is 0.255 e. The van der Waals surface area contributed by atoms with Gasteiger partial charge in [-0.3, -0.25) is 4.79 Å². The normalized spacial score (nSPS) is 19.7. The zero-order valence-corrected chi connectivity index (χ0v) is 11.9. The number of carbonyl (C=O) groups is 1. The van der Waals surface area contributed by atoms with Gasteiger partial charge in [0, 0.05) is 45.7 Å². The van der Waals surface area contributed by atoms with Gasteiger partial charge in [-0.25, -0.2) is 0 Å². The first-order chi connectivity index (χ1) is 9.13. The van der Waals surface area contributed by atoms with Crippen molar-refractivity contribution < 1.29 is 14.3 Å². The molecule has 5 nitrogen and oxygen atoms in total. The van der Waals surface area contributed by atoms with E-state index in [-0.39, 0.29) is 12.0 Å². The number of aromatic nitrogens is 1. The van der Waals surface area contributed by atoms with Gasteiger partial charge < -0.3 is 18.9 Å². The molecule has 1 fully saturated rings. The van der Waals surface area contributed by atoms with Crippen molar-refractivity contribution >= 4 is 5.91 Å². The van der Waals surface area contributed by atoms with Crippen LogP contribution in [0.2, 0.25) is 0 Å². The summed E-state index contributed by atoms with van der Waals surface area (Å²) >= 11 is 0. The van der Waals surface area contributed by atoms with Crippen LogP contribution in [0, 0.1) is 6.92 Å². The van der Waals surface area contributed by atoms with Crippen LogP contribution in [0.1, 0.15) is 22.5 Å². The molecule has 1 aliphatic heterocycles. The fourth-order valence-electron chi connectivity index (χ4n) is 2.33. The van der Waals surface area contributed by atoms with Crippen LogP contribution in [0.4, 0.5) is 0 Å². The fraction of sp³-hybridized carbons (Fsp3) is 0.643. The molecule has 0 aromatic carbocycles. The van der Waals surface area contributed by atoms with Gasteiger partial charge in [-0.05, 0) is 19.4 Å². The smallest absolute Gasteiger partial charge is 0.255 e. The largest absolute Gasteiger partial charge is 0.385 e. The lowest BCUT2D eigenvalue weighted by atomic mass is 10.1. The van der Waals surface area contributed by atoms with Gasteiger partial charge in [0.25, 0.3) is 5.91 Å². The summed E-state index contributed by atoms with van der Waals surface area (Å²) in [6, 6.07) is 1.89. The molecule has 0 spiro atoms. The summed E-state index contributed by atoms with van der Waals surface area (Å²) in [4.78, 5) is 14.4. The van der Waals surface area contributed by atoms with E-state index < -0.39 is 0 Å². The molecule has 1 aromatic heterocycles. The fourth-order valence-corrected chi connectivity index (χ4v) is 2.33. The van der Waals surface area contributed by atoms with Crippen molar-refractivity contribution in [2.75, 3.05) is 33.4 Å². The third-order valence-electron chi connectivity index (χ3n) is 3.68. The molecule has 0 saturated carbocycles. The quantitative estimate of drug-likeness (QED) is 0.823. The topological polar surface area (TPSA) is 43.7 Å². The van der Waals surface area contributed by atoms with E-state index in [1.807, 2.05) is 35.7 Å². The lowest BCUT2D eigenvalue weighted by molar-refractivity contribution is -0.0333. The van der Waals surface area contributed by atoms with Crippen molar-refractivity contribution in [3.63, 3.8) is 0 Å². The molecule has 1 aliphatic rings. The van der Waals surface area contributed by atoms with E-state index in [1.54, 1.807) is 7.11 Å². The lowest BCUT2D eigenvalue weighted by Crippen LogP contribution is -2.46. The summed E-state index contributed by atoms with van der Waals surface area (Å²) in [5, 5.41) is 0. The summed E-state index contributed by atoms with van der Waals surface area (Å²) in [6.07, 6.45) is 2.83. The molecule has 5 heteroatoms. The van der Waals surface area contributed by atoms with Crippen molar-refractivity contribution in [2.45, 2.75) is 19.4 Å². The zero-order chi connectivity index (χ0) is 13.8. The van der Waals surface area contributed by atoms with E-state index in [0.29, 0.717) is 26.3 Å². The minimum atomic E-state index is 0.0849. The van der Waals surface area contributed by atoms with Crippen LogP contribution in [0.25, 0.3) is 0 Å². The number of hydrogen-bond acceptors (Lipinski definition) is 3. The molecule has 2 rings (SSSR count). The Balaban J connectivity index is 2.01. The number of methoxy groups -OCH3 is 1. The Kier molecular flexibility index (Phi) is 4.61. The Bertz CT molecular complexity index is 442. The second kappa shape index (κ2) is 6.21. The molecule has 2 heterocycles. The van der Waals surface area contributed by atoms with Crippen molar-refractivity contribution in [1.82, 2.24) is 9.47 Å². The molecule has 0 unspecified atom stereocenters. The Morgan fingerprint density at radius 2 is 2.37 bits per heavy atom. The SMILES string of the molecule is COCC[C@@H]1CN(C(=O)c2ccn(C)c2C)CCO1. The number of amides is 1. The average Bonchev–Trinajstić information content (AvgIpc) is 2.76. The number of hydrogen-bond donors (Lipinski definition) is 0. The molecule has 106 valence electrons. The maximum absolute atomic E-state index is 12.5. The summed E-state index contributed by atoms with van der Waals surface area (Å²) in [7, 11) is 3.63. The number of nitrogens with zero attached hydrogens (tertiary/aromatic N) is 2. The highest BCUT2D eigenvalue weighted by Crippen LogP contribution is 2.15. The summed E-state index contributed by atoms with van der Waals surface area (Å²) in [5.41, 5.74) is 1.79. The summed E-state index contributed by atoms with van der Waals surface area (Å²) in [5.74, 6) is 0.101. The van der Waals surface area contributed by atoms with Crippen molar-refractivity contribution in [3.8, 4) is 0 Å². The number of morpholine rings is 1. The zero-order valence-electron chi connectivity index (χ0n) is 11.9. The highest BCUT2D eigenvalue weighted by Gasteiger charge is 2.26. The van der Waals surface area contributed by atoms with E-state index in [1.165, 1.54) is 0 Å². The van der Waals surface area contributed by atoms with Gasteiger partial charge in [-0.2, -0.15) is 0 Å². The van der Waals surface area contributed by atoms with Gasteiger partial charge >= 0.3 is 0 Å². The monoisotopic (exact) mass is 266 g/mol. The first kappa shape index (κ1) is 14.1. The standard InChI is InChI=1S/C14H22N2O3/c1-11-13(4-6-15(11)2)14(17)16-7-9-19-12(10-16)5-8-18-3/h4,6,12H,5,7-10H2,1-3H3/t12-/m1/s1. The molecule has 1 amide bonds. The van der Waals surface area contributed by atoms with Gasteiger partial charge in [0.15, 0.2) is 0 Å². The molecule has 0 bridgehead atoms. The van der Waals surface area contributed by atoms with E-state index in [0.717, 1.165) is 17.7 Å². The van der Waals surface area contributed by atoms with E-state index in [4.69, 9.17) is 9.47 Å². The van der Waals surface area contributed by atoms with Crippen LogP contribution in [-0.2, 0) is 16.5 Å². The molecular formula is C14H22N2O3. The van der Waals surface area contributed by atoms with Crippen molar-refractivity contribution in [2.24, 2.45) is 7.05 Å². The first-order valence-corrected chi connectivity index (χ1v) is 6.65. The van der Waals surface area contributed by atoms with E-state index in [9.17, 15) is 4.79 Å². The molecule has 1 saturated heterocycles. The third kappa shape index (κ3) is 3.16. The van der Waals surface area contributed by atoms with Gasteiger partial charge in [-0.1, -0.05) is 0 Å². The van der Waals surface area contributed by atoms with Crippen LogP contribution in [0.15, 0.2) is 12.3 Å². The van der Waals surface area contributed by atoms with E-state index >= 15 is 0 Å². The highest BCUT2D eigenvalue weighted by atomic mass is 16.5. The number of aryl methyl sites for hydroxylation is 1. The summed E-state index contributed by atoms with van der Waals surface area (Å²) in [6.45, 7) is 4.55. The predicted octanol–water partition coefficient (Wildman–Crippen LogP) is 1.21. The summed E-state index contributed by atoms with van der Waals surface area (Å²) < 4.78 is 12.7. The molecule has 1 aromatic rings. The van der Waals surface area contributed by atoms with Gasteiger partial charge in [0.2, 0.25) is 0 Å². The Morgan fingerprint density at radius 3 is 3.00 bits per heavy atom. The van der Waals surface area contributed by atoms with Crippen LogP contribution in [0.5, 0.6) is 0 Å². The molecule has 0 radical (unpaired) electrons. The maximum atomic E-state index is 12.5. The second-order valence-corrected chi connectivity index (χ2v) is 4.95. The third-order valence-corrected chi connectivity index (χ3v) is 3.68. The Morgan fingerprint density at radius 1 is 1.58 bits per heavy atom.